The van der Waals surface area contributed by atoms with E-state index in [-0.39, 0.29) is 22.1 Å². The summed E-state index contributed by atoms with van der Waals surface area (Å²) in [6.07, 6.45) is 0. The van der Waals surface area contributed by atoms with Crippen LogP contribution in [0.1, 0.15) is 33.8 Å². The van der Waals surface area contributed by atoms with Crippen molar-refractivity contribution in [2.45, 2.75) is 25.4 Å². The zero-order valence-electron chi connectivity index (χ0n) is 18.9. The maximum absolute atomic E-state index is 12.8. The van der Waals surface area contributed by atoms with Crippen LogP contribution >= 0.6 is 34.7 Å². The van der Waals surface area contributed by atoms with Crippen LogP contribution in [0.25, 0.3) is 10.2 Å². The van der Waals surface area contributed by atoms with Crippen molar-refractivity contribution in [3.05, 3.63) is 98.1 Å². The van der Waals surface area contributed by atoms with E-state index in [0.29, 0.717) is 35.1 Å². The van der Waals surface area contributed by atoms with E-state index in [1.165, 1.54) is 11.3 Å². The van der Waals surface area contributed by atoms with Gasteiger partial charge in [0.15, 0.2) is 0 Å². The van der Waals surface area contributed by atoms with E-state index in [4.69, 9.17) is 11.6 Å². The molecule has 1 fully saturated rings. The predicted octanol–water partition coefficient (Wildman–Crippen LogP) is 5.76. The number of aromatic nitrogens is 1. The molecular formula is C26H22ClN3O3S2. The van der Waals surface area contributed by atoms with Crippen LogP contribution in [0, 0.1) is 0 Å². The summed E-state index contributed by atoms with van der Waals surface area (Å²) in [5.74, 6) is 0.284. The SMILES string of the molecule is CCn1c(=O)sc2cc(NC(=O)c3ccc(C4SCC(=O)N4Cc4ccc(Cl)cc4)cc3)ccc21. The van der Waals surface area contributed by atoms with E-state index in [9.17, 15) is 14.4 Å². The van der Waals surface area contributed by atoms with Crippen molar-refractivity contribution in [2.75, 3.05) is 11.1 Å². The molecule has 2 amide bonds. The molecule has 1 N–H and O–H groups in total. The van der Waals surface area contributed by atoms with Gasteiger partial charge in [-0.05, 0) is 60.5 Å². The Bertz CT molecular complexity index is 1460. The highest BCUT2D eigenvalue weighted by molar-refractivity contribution is 8.00. The molecule has 1 unspecified atom stereocenters. The highest BCUT2D eigenvalue weighted by atomic mass is 35.5. The fourth-order valence-corrected chi connectivity index (χ4v) is 6.44. The molecule has 1 atom stereocenters. The summed E-state index contributed by atoms with van der Waals surface area (Å²) in [7, 11) is 0. The van der Waals surface area contributed by atoms with Crippen molar-refractivity contribution in [2.24, 2.45) is 0 Å². The van der Waals surface area contributed by atoms with Crippen LogP contribution in [0.4, 0.5) is 5.69 Å². The van der Waals surface area contributed by atoms with Crippen molar-refractivity contribution in [3.63, 3.8) is 0 Å². The van der Waals surface area contributed by atoms with Gasteiger partial charge < -0.3 is 10.2 Å². The monoisotopic (exact) mass is 523 g/mol. The van der Waals surface area contributed by atoms with Gasteiger partial charge in [0.25, 0.3) is 5.91 Å². The zero-order valence-corrected chi connectivity index (χ0v) is 21.3. The number of fused-ring (bicyclic) bond motifs is 1. The van der Waals surface area contributed by atoms with Crippen molar-refractivity contribution in [1.29, 1.82) is 0 Å². The van der Waals surface area contributed by atoms with Crippen molar-refractivity contribution < 1.29 is 9.59 Å². The number of halogens is 1. The lowest BCUT2D eigenvalue weighted by Gasteiger charge is -2.24. The normalized spacial score (nSPS) is 15.7. The summed E-state index contributed by atoms with van der Waals surface area (Å²) in [5.41, 5.74) is 4.02. The second-order valence-electron chi connectivity index (χ2n) is 8.18. The highest BCUT2D eigenvalue weighted by Crippen LogP contribution is 2.39. The molecule has 0 saturated carbocycles. The maximum Gasteiger partial charge on any atom is 0.308 e. The lowest BCUT2D eigenvalue weighted by Crippen LogP contribution is -2.27. The number of carbonyl (C=O) groups excluding carboxylic acids is 2. The number of carbonyl (C=O) groups is 2. The summed E-state index contributed by atoms with van der Waals surface area (Å²) in [5, 5.41) is 3.47. The van der Waals surface area contributed by atoms with Gasteiger partial charge in [-0.1, -0.05) is 47.2 Å². The average molecular weight is 524 g/mol. The van der Waals surface area contributed by atoms with E-state index in [0.717, 1.165) is 21.3 Å². The molecule has 9 heteroatoms. The van der Waals surface area contributed by atoms with Crippen molar-refractivity contribution >= 4 is 62.4 Å². The Morgan fingerprint density at radius 1 is 1.06 bits per heavy atom. The highest BCUT2D eigenvalue weighted by Gasteiger charge is 2.32. The predicted molar refractivity (Wildman–Crippen MR) is 143 cm³/mol. The average Bonchev–Trinajstić information content (AvgIpc) is 3.38. The van der Waals surface area contributed by atoms with E-state index < -0.39 is 0 Å². The van der Waals surface area contributed by atoms with Crippen molar-refractivity contribution in [3.8, 4) is 0 Å². The Kier molecular flexibility index (Phi) is 6.69. The third kappa shape index (κ3) is 4.87. The summed E-state index contributed by atoms with van der Waals surface area (Å²) >= 11 is 8.73. The van der Waals surface area contributed by atoms with Crippen LogP contribution in [0.3, 0.4) is 0 Å². The number of aryl methyl sites for hydroxylation is 1. The number of anilines is 1. The summed E-state index contributed by atoms with van der Waals surface area (Å²) in [6, 6.07) is 20.3. The van der Waals surface area contributed by atoms with Gasteiger partial charge in [-0.3, -0.25) is 19.0 Å². The first-order valence-electron chi connectivity index (χ1n) is 11.1. The fraction of sp³-hybridized carbons (Fsp3) is 0.192. The Labute approximate surface area is 215 Å². The number of thioether (sulfide) groups is 1. The number of thiazole rings is 1. The first kappa shape index (κ1) is 23.7. The molecule has 6 nitrogen and oxygen atoms in total. The van der Waals surface area contributed by atoms with E-state index in [2.05, 4.69) is 5.32 Å². The molecule has 5 rings (SSSR count). The number of benzene rings is 3. The van der Waals surface area contributed by atoms with Crippen molar-refractivity contribution in [1.82, 2.24) is 9.47 Å². The minimum absolute atomic E-state index is 0.00469. The standard InChI is InChI=1S/C26H22ClN3O3S2/c1-2-29-21-12-11-20(13-22(21)35-26(29)33)28-24(32)17-5-7-18(8-6-17)25-30(23(31)15-34-25)14-16-3-9-19(27)10-4-16/h3-13,25H,2,14-15H2,1H3,(H,28,32). The second kappa shape index (κ2) is 9.89. The molecule has 0 aliphatic carbocycles. The number of amides is 2. The van der Waals surface area contributed by atoms with Gasteiger partial charge in [0.2, 0.25) is 5.91 Å². The van der Waals surface area contributed by atoms with Gasteiger partial charge in [-0.2, -0.15) is 0 Å². The van der Waals surface area contributed by atoms with E-state index >= 15 is 0 Å². The molecule has 2 heterocycles. The number of rotatable bonds is 6. The molecule has 1 aliphatic heterocycles. The van der Waals surface area contributed by atoms with E-state index in [1.54, 1.807) is 28.5 Å². The second-order valence-corrected chi connectivity index (χ2v) is 10.7. The fourth-order valence-electron chi connectivity index (χ4n) is 4.13. The first-order chi connectivity index (χ1) is 16.9. The van der Waals surface area contributed by atoms with Crippen LogP contribution in [0.2, 0.25) is 5.02 Å². The van der Waals surface area contributed by atoms with Crippen LogP contribution in [0.5, 0.6) is 0 Å². The first-order valence-corrected chi connectivity index (χ1v) is 13.4. The maximum atomic E-state index is 12.8. The Balaban J connectivity index is 1.30. The lowest BCUT2D eigenvalue weighted by atomic mass is 10.1. The van der Waals surface area contributed by atoms with E-state index in [1.807, 2.05) is 66.4 Å². The van der Waals surface area contributed by atoms with Gasteiger partial charge in [0, 0.05) is 29.4 Å². The molecule has 35 heavy (non-hydrogen) atoms. The third-order valence-corrected chi connectivity index (χ3v) is 8.38. The third-order valence-electron chi connectivity index (χ3n) is 5.93. The molecule has 0 spiro atoms. The quantitative estimate of drug-likeness (QED) is 0.348. The number of nitrogens with one attached hydrogen (secondary N) is 1. The molecule has 1 aliphatic rings. The topological polar surface area (TPSA) is 71.4 Å². The van der Waals surface area contributed by atoms with Gasteiger partial charge in [0.05, 0.1) is 16.0 Å². The minimum atomic E-state index is -0.230. The molecular weight excluding hydrogens is 502 g/mol. The van der Waals surface area contributed by atoms with Gasteiger partial charge in [-0.15, -0.1) is 11.8 Å². The zero-order chi connectivity index (χ0) is 24.5. The minimum Gasteiger partial charge on any atom is -0.322 e. The van der Waals surface area contributed by atoms with Gasteiger partial charge >= 0.3 is 4.87 Å². The van der Waals surface area contributed by atoms with Crippen LogP contribution in [-0.2, 0) is 17.9 Å². The Morgan fingerprint density at radius 2 is 1.80 bits per heavy atom. The smallest absolute Gasteiger partial charge is 0.308 e. The molecule has 0 radical (unpaired) electrons. The van der Waals surface area contributed by atoms with Gasteiger partial charge in [-0.25, -0.2) is 0 Å². The van der Waals surface area contributed by atoms with Crippen LogP contribution in [-0.4, -0.2) is 27.0 Å². The van der Waals surface area contributed by atoms with Crippen LogP contribution < -0.4 is 10.2 Å². The Morgan fingerprint density at radius 3 is 2.51 bits per heavy atom. The number of hydrogen-bond donors (Lipinski definition) is 1. The largest absolute Gasteiger partial charge is 0.322 e. The summed E-state index contributed by atoms with van der Waals surface area (Å²) < 4.78 is 2.56. The molecule has 0 bridgehead atoms. The molecule has 3 aromatic carbocycles. The van der Waals surface area contributed by atoms with Gasteiger partial charge in [0.1, 0.15) is 5.37 Å². The molecule has 178 valence electrons. The molecule has 4 aromatic rings. The molecule has 1 aromatic heterocycles. The summed E-state index contributed by atoms with van der Waals surface area (Å²) in [4.78, 5) is 39.3. The lowest BCUT2D eigenvalue weighted by molar-refractivity contribution is -0.128. The molecule has 1 saturated heterocycles. The summed E-state index contributed by atoms with van der Waals surface area (Å²) in [6.45, 7) is 3.05. The van der Waals surface area contributed by atoms with Crippen LogP contribution in [0.15, 0.2) is 71.5 Å². The number of hydrogen-bond acceptors (Lipinski definition) is 5. The Hall–Kier alpha value is -3.07. The number of nitrogens with zero attached hydrogens (tertiary/aromatic N) is 2.